The molecule has 0 radical (unpaired) electrons. The number of aromatic nitrogens is 2. The highest BCUT2D eigenvalue weighted by molar-refractivity contribution is 6.00. The topological polar surface area (TPSA) is 127 Å². The minimum absolute atomic E-state index is 0.0358. The summed E-state index contributed by atoms with van der Waals surface area (Å²) in [5, 5.41) is 7.27. The van der Waals surface area contributed by atoms with Crippen molar-refractivity contribution in [3.8, 4) is 5.75 Å². The van der Waals surface area contributed by atoms with Crippen molar-refractivity contribution in [2.24, 2.45) is 0 Å². The van der Waals surface area contributed by atoms with E-state index in [1.807, 2.05) is 0 Å². The van der Waals surface area contributed by atoms with Crippen LogP contribution in [0.4, 0.5) is 42.6 Å². The molecule has 17 heteroatoms. The largest absolute Gasteiger partial charge is 0.573 e. The van der Waals surface area contributed by atoms with Gasteiger partial charge in [0.25, 0.3) is 5.91 Å². The Labute approximate surface area is 240 Å². The van der Waals surface area contributed by atoms with Crippen LogP contribution in [0.15, 0.2) is 54.7 Å². The first-order chi connectivity index (χ1) is 20.1. The van der Waals surface area contributed by atoms with Crippen molar-refractivity contribution >= 4 is 29.4 Å². The van der Waals surface area contributed by atoms with Gasteiger partial charge in [0.05, 0.1) is 18.7 Å². The molecular formula is C26H26F6N6O5. The number of carbonyl (C=O) groups is 3. The first-order valence-corrected chi connectivity index (χ1v) is 12.3. The van der Waals surface area contributed by atoms with Crippen molar-refractivity contribution in [1.82, 2.24) is 19.8 Å². The smallest absolute Gasteiger partial charge is 0.463 e. The Morgan fingerprint density at radius 3 is 2.16 bits per heavy atom. The Morgan fingerprint density at radius 2 is 1.58 bits per heavy atom. The van der Waals surface area contributed by atoms with E-state index < -0.39 is 41.8 Å². The van der Waals surface area contributed by atoms with Crippen LogP contribution in [0.5, 0.6) is 5.75 Å². The van der Waals surface area contributed by atoms with Crippen LogP contribution in [0, 0.1) is 0 Å². The van der Waals surface area contributed by atoms with Gasteiger partial charge in [-0.2, -0.15) is 13.2 Å². The van der Waals surface area contributed by atoms with E-state index in [1.165, 1.54) is 22.9 Å². The molecule has 3 N–H and O–H groups in total. The lowest BCUT2D eigenvalue weighted by Gasteiger charge is -2.11. The van der Waals surface area contributed by atoms with Crippen LogP contribution in [0.1, 0.15) is 21.7 Å². The van der Waals surface area contributed by atoms with E-state index in [0.29, 0.717) is 5.56 Å². The van der Waals surface area contributed by atoms with Crippen molar-refractivity contribution in [3.63, 3.8) is 0 Å². The minimum atomic E-state index is -4.88. The standard InChI is InChI=1S/C26H26F6N6O5/c1-37(2)15-21(39)42-12-11-33-23(40)22-35-20(14-38(22)13-16-3-5-17(6-4-16)25(27,28)29)36-24(41)34-18-7-9-19(10-8-18)43-26(30,31)32/h3-10,14H,11-13,15H2,1-2H3,(H,33,40)(H2,34,36,41). The van der Waals surface area contributed by atoms with Gasteiger partial charge in [-0.15, -0.1) is 13.2 Å². The summed E-state index contributed by atoms with van der Waals surface area (Å²) in [6.07, 6.45) is -8.15. The van der Waals surface area contributed by atoms with Crippen molar-refractivity contribution in [2.45, 2.75) is 19.1 Å². The molecule has 232 valence electrons. The van der Waals surface area contributed by atoms with E-state index >= 15 is 0 Å². The summed E-state index contributed by atoms with van der Waals surface area (Å²) in [7, 11) is 3.35. The lowest BCUT2D eigenvalue weighted by molar-refractivity contribution is -0.274. The van der Waals surface area contributed by atoms with E-state index in [0.717, 1.165) is 36.4 Å². The molecule has 0 unspecified atom stereocenters. The second-order valence-corrected chi connectivity index (χ2v) is 9.14. The van der Waals surface area contributed by atoms with Crippen LogP contribution in [0.2, 0.25) is 0 Å². The highest BCUT2D eigenvalue weighted by Gasteiger charge is 2.31. The monoisotopic (exact) mass is 616 g/mol. The zero-order valence-corrected chi connectivity index (χ0v) is 22.7. The Balaban J connectivity index is 1.71. The lowest BCUT2D eigenvalue weighted by Crippen LogP contribution is -2.32. The van der Waals surface area contributed by atoms with Crippen molar-refractivity contribution in [3.05, 3.63) is 71.7 Å². The number of amides is 3. The molecule has 2 aromatic carbocycles. The normalized spacial score (nSPS) is 11.7. The van der Waals surface area contributed by atoms with Gasteiger partial charge >= 0.3 is 24.5 Å². The predicted molar refractivity (Wildman–Crippen MR) is 140 cm³/mol. The van der Waals surface area contributed by atoms with Crippen LogP contribution >= 0.6 is 0 Å². The number of anilines is 2. The van der Waals surface area contributed by atoms with Crippen LogP contribution in [0.3, 0.4) is 0 Å². The van der Waals surface area contributed by atoms with Crippen LogP contribution in [0.25, 0.3) is 0 Å². The van der Waals surface area contributed by atoms with E-state index in [1.54, 1.807) is 19.0 Å². The van der Waals surface area contributed by atoms with Crippen LogP contribution in [-0.2, 0) is 22.3 Å². The van der Waals surface area contributed by atoms with Crippen molar-refractivity contribution in [1.29, 1.82) is 0 Å². The number of esters is 1. The quantitative estimate of drug-likeness (QED) is 0.166. The number of halogens is 6. The van der Waals surface area contributed by atoms with Gasteiger partial charge in [-0.1, -0.05) is 12.1 Å². The van der Waals surface area contributed by atoms with Gasteiger partial charge in [-0.3, -0.25) is 19.8 Å². The number of likely N-dealkylation sites (N-methyl/N-ethyl adjacent to an activating group) is 1. The van der Waals surface area contributed by atoms with Gasteiger partial charge in [0, 0.05) is 18.4 Å². The Morgan fingerprint density at radius 1 is 0.930 bits per heavy atom. The van der Waals surface area contributed by atoms with Gasteiger partial charge in [-0.25, -0.2) is 9.78 Å². The number of alkyl halides is 6. The molecule has 0 atom stereocenters. The molecule has 0 aliphatic heterocycles. The Bertz CT molecular complexity index is 1410. The Hall–Kier alpha value is -4.80. The number of benzene rings is 2. The van der Waals surface area contributed by atoms with E-state index in [-0.39, 0.29) is 43.6 Å². The molecule has 1 heterocycles. The number of nitrogens with one attached hydrogen (secondary N) is 3. The number of urea groups is 1. The fourth-order valence-electron chi connectivity index (χ4n) is 3.50. The number of imidazole rings is 1. The van der Waals surface area contributed by atoms with Crippen LogP contribution in [-0.4, -0.2) is 72.5 Å². The molecule has 3 aromatic rings. The maximum absolute atomic E-state index is 12.9. The molecule has 1 aromatic heterocycles. The van der Waals surface area contributed by atoms with Gasteiger partial charge in [0.1, 0.15) is 12.4 Å². The van der Waals surface area contributed by atoms with Gasteiger partial charge in [0.15, 0.2) is 5.82 Å². The summed E-state index contributed by atoms with van der Waals surface area (Å²) in [6, 6.07) is 7.65. The molecule has 43 heavy (non-hydrogen) atoms. The molecule has 0 fully saturated rings. The molecule has 11 nitrogen and oxygen atoms in total. The third-order valence-corrected chi connectivity index (χ3v) is 5.30. The predicted octanol–water partition coefficient (Wildman–Crippen LogP) is 4.33. The first kappa shape index (κ1) is 32.7. The van der Waals surface area contributed by atoms with Crippen molar-refractivity contribution < 1.29 is 50.2 Å². The molecule has 0 saturated heterocycles. The summed E-state index contributed by atoms with van der Waals surface area (Å²) in [6.45, 7) is -0.287. The third kappa shape index (κ3) is 10.8. The fourth-order valence-corrected chi connectivity index (χ4v) is 3.50. The number of carbonyl (C=O) groups excluding carboxylic acids is 3. The SMILES string of the molecule is CN(C)CC(=O)OCCNC(=O)c1nc(NC(=O)Nc2ccc(OC(F)(F)F)cc2)cn1Cc1ccc(C(F)(F)F)cc1. The van der Waals surface area contributed by atoms with Crippen LogP contribution < -0.4 is 20.7 Å². The molecule has 0 aliphatic rings. The average molecular weight is 617 g/mol. The Kier molecular flexibility index (Phi) is 10.6. The minimum Gasteiger partial charge on any atom is -0.463 e. The molecule has 0 spiro atoms. The summed E-state index contributed by atoms with van der Waals surface area (Å²) in [5.41, 5.74) is -0.368. The van der Waals surface area contributed by atoms with E-state index in [4.69, 9.17) is 4.74 Å². The zero-order chi connectivity index (χ0) is 31.8. The second-order valence-electron chi connectivity index (χ2n) is 9.14. The second kappa shape index (κ2) is 13.9. The van der Waals surface area contributed by atoms with Gasteiger partial charge in [-0.05, 0) is 56.1 Å². The summed E-state index contributed by atoms with van der Waals surface area (Å²) in [5.74, 6) is -2.08. The molecule has 3 rings (SSSR count). The number of hydrogen-bond donors (Lipinski definition) is 3. The molecule has 0 bridgehead atoms. The highest BCUT2D eigenvalue weighted by Crippen LogP contribution is 2.29. The lowest BCUT2D eigenvalue weighted by atomic mass is 10.1. The number of hydrogen-bond acceptors (Lipinski definition) is 7. The fraction of sp³-hybridized carbons (Fsp3) is 0.308. The summed E-state index contributed by atoms with van der Waals surface area (Å²) >= 11 is 0. The average Bonchev–Trinajstić information content (AvgIpc) is 3.28. The summed E-state index contributed by atoms with van der Waals surface area (Å²) < 4.78 is 85.9. The number of ether oxygens (including phenoxy) is 2. The summed E-state index contributed by atoms with van der Waals surface area (Å²) in [4.78, 5) is 42.7. The van der Waals surface area contributed by atoms with E-state index in [9.17, 15) is 40.7 Å². The van der Waals surface area contributed by atoms with Gasteiger partial charge < -0.3 is 24.7 Å². The molecular weight excluding hydrogens is 590 g/mol. The molecule has 3 amide bonds. The highest BCUT2D eigenvalue weighted by atomic mass is 19.4. The number of nitrogens with zero attached hydrogens (tertiary/aromatic N) is 3. The van der Waals surface area contributed by atoms with Gasteiger partial charge in [0.2, 0.25) is 5.82 Å². The zero-order valence-electron chi connectivity index (χ0n) is 22.7. The molecule has 0 saturated carbocycles. The molecule has 0 aliphatic carbocycles. The maximum Gasteiger partial charge on any atom is 0.573 e. The third-order valence-electron chi connectivity index (χ3n) is 5.30. The first-order valence-electron chi connectivity index (χ1n) is 12.3. The van der Waals surface area contributed by atoms with Crippen molar-refractivity contribution in [2.75, 3.05) is 44.4 Å². The van der Waals surface area contributed by atoms with E-state index in [2.05, 4.69) is 25.7 Å². The number of rotatable bonds is 11. The maximum atomic E-state index is 12.9.